The number of ether oxygens (including phenoxy) is 1. The van der Waals surface area contributed by atoms with E-state index in [1.54, 1.807) is 36.4 Å². The number of carbonyl (C=O) groups excluding carboxylic acids is 2. The third-order valence-corrected chi connectivity index (χ3v) is 8.86. The highest BCUT2D eigenvalue weighted by atomic mass is 32.2. The molecule has 2 amide bonds. The summed E-state index contributed by atoms with van der Waals surface area (Å²) in [6.07, 6.45) is -3.56. The van der Waals surface area contributed by atoms with Gasteiger partial charge in [-0.15, -0.1) is 0 Å². The molecule has 0 bridgehead atoms. The maximum atomic E-state index is 14.3. The fourth-order valence-corrected chi connectivity index (χ4v) is 6.42. The second-order valence-electron chi connectivity index (χ2n) is 11.0. The van der Waals surface area contributed by atoms with Crippen molar-refractivity contribution in [3.63, 3.8) is 0 Å². The van der Waals surface area contributed by atoms with E-state index in [9.17, 15) is 31.9 Å². The molecule has 3 aromatic rings. The van der Waals surface area contributed by atoms with Crippen molar-refractivity contribution in [2.45, 2.75) is 50.3 Å². The number of sulfonamides is 1. The first kappa shape index (κ1) is 32.1. The molecule has 1 fully saturated rings. The molecule has 9 nitrogen and oxygen atoms in total. The van der Waals surface area contributed by atoms with Crippen molar-refractivity contribution in [3.05, 3.63) is 95.6 Å². The standard InChI is InChI=1S/C31H35F2N3O6S/c1-20(2)17-35(43(40,41)24-12-9-21(3)10-13-24)18-28(37)26(15-22-7-5-4-6-8-22)34-30(38)29-19-36(31(39)42-29)27-14-11-23(32)16-25(27)33/h4-14,16,20,26,28-29,37H,15,17-19H2,1-3H3,(H,34,38)/t26-,28+,29-/m0/s1. The maximum absolute atomic E-state index is 14.3. The van der Waals surface area contributed by atoms with Gasteiger partial charge in [-0.25, -0.2) is 22.0 Å². The number of aryl methyl sites for hydroxylation is 1. The maximum Gasteiger partial charge on any atom is 0.415 e. The zero-order valence-electron chi connectivity index (χ0n) is 24.1. The van der Waals surface area contributed by atoms with E-state index >= 15 is 0 Å². The average Bonchev–Trinajstić information content (AvgIpc) is 3.34. The monoisotopic (exact) mass is 615 g/mol. The molecule has 43 heavy (non-hydrogen) atoms. The first-order valence-corrected chi connectivity index (χ1v) is 15.3. The summed E-state index contributed by atoms with van der Waals surface area (Å²) in [5, 5.41) is 14.1. The van der Waals surface area contributed by atoms with Gasteiger partial charge in [0.05, 0.1) is 29.3 Å². The molecule has 1 aliphatic heterocycles. The Balaban J connectivity index is 1.55. The van der Waals surface area contributed by atoms with Gasteiger partial charge in [-0.3, -0.25) is 9.69 Å². The molecule has 2 N–H and O–H groups in total. The van der Waals surface area contributed by atoms with Gasteiger partial charge in [-0.1, -0.05) is 61.9 Å². The van der Waals surface area contributed by atoms with Crippen molar-refractivity contribution in [2.75, 3.05) is 24.5 Å². The summed E-state index contributed by atoms with van der Waals surface area (Å²) in [4.78, 5) is 26.8. The Bertz CT molecular complexity index is 1540. The normalized spacial score (nSPS) is 16.8. The van der Waals surface area contributed by atoms with Crippen molar-refractivity contribution in [1.29, 1.82) is 0 Å². The first-order valence-electron chi connectivity index (χ1n) is 13.9. The van der Waals surface area contributed by atoms with Crippen LogP contribution in [0.4, 0.5) is 19.3 Å². The quantitative estimate of drug-likeness (QED) is 0.318. The van der Waals surface area contributed by atoms with Crippen LogP contribution < -0.4 is 10.2 Å². The van der Waals surface area contributed by atoms with E-state index in [2.05, 4.69) is 5.32 Å². The van der Waals surface area contributed by atoms with Gasteiger partial charge in [0, 0.05) is 19.2 Å². The second kappa shape index (κ2) is 13.6. The number of carbonyl (C=O) groups is 2. The van der Waals surface area contributed by atoms with Crippen molar-refractivity contribution in [3.8, 4) is 0 Å². The molecule has 1 aliphatic rings. The third-order valence-electron chi connectivity index (χ3n) is 7.01. The van der Waals surface area contributed by atoms with Crippen molar-refractivity contribution >= 4 is 27.7 Å². The number of hydrogen-bond donors (Lipinski definition) is 2. The van der Waals surface area contributed by atoms with Crippen LogP contribution in [-0.4, -0.2) is 67.7 Å². The van der Waals surface area contributed by atoms with E-state index in [0.717, 1.165) is 28.2 Å². The minimum Gasteiger partial charge on any atom is -0.434 e. The van der Waals surface area contributed by atoms with Gasteiger partial charge in [-0.05, 0) is 49.1 Å². The summed E-state index contributed by atoms with van der Waals surface area (Å²) >= 11 is 0. The van der Waals surface area contributed by atoms with Gasteiger partial charge in [0.1, 0.15) is 11.6 Å². The Morgan fingerprint density at radius 3 is 2.37 bits per heavy atom. The zero-order chi connectivity index (χ0) is 31.3. The van der Waals surface area contributed by atoms with Gasteiger partial charge in [0.2, 0.25) is 10.0 Å². The molecule has 0 radical (unpaired) electrons. The van der Waals surface area contributed by atoms with Crippen LogP contribution in [0.5, 0.6) is 0 Å². The van der Waals surface area contributed by atoms with E-state index < -0.39 is 51.9 Å². The van der Waals surface area contributed by atoms with Gasteiger partial charge in [0.25, 0.3) is 5.91 Å². The highest BCUT2D eigenvalue weighted by molar-refractivity contribution is 7.89. The van der Waals surface area contributed by atoms with Crippen LogP contribution in [0.15, 0.2) is 77.7 Å². The molecule has 12 heteroatoms. The molecule has 4 rings (SSSR count). The smallest absolute Gasteiger partial charge is 0.415 e. The van der Waals surface area contributed by atoms with Crippen molar-refractivity contribution in [2.24, 2.45) is 5.92 Å². The van der Waals surface area contributed by atoms with E-state index in [-0.39, 0.29) is 42.6 Å². The highest BCUT2D eigenvalue weighted by Gasteiger charge is 2.40. The Morgan fingerprint density at radius 2 is 1.74 bits per heavy atom. The van der Waals surface area contributed by atoms with Crippen LogP contribution in [-0.2, 0) is 26.0 Å². The van der Waals surface area contributed by atoms with E-state index in [0.29, 0.717) is 6.07 Å². The molecule has 1 saturated heterocycles. The van der Waals surface area contributed by atoms with Gasteiger partial charge >= 0.3 is 6.09 Å². The largest absolute Gasteiger partial charge is 0.434 e. The molecule has 3 aromatic carbocycles. The fourth-order valence-electron chi connectivity index (χ4n) is 4.80. The van der Waals surface area contributed by atoms with Crippen LogP contribution in [0.2, 0.25) is 0 Å². The Hall–Kier alpha value is -3.87. The molecule has 0 saturated carbocycles. The Morgan fingerprint density at radius 1 is 1.07 bits per heavy atom. The van der Waals surface area contributed by atoms with E-state index in [4.69, 9.17) is 4.74 Å². The molecule has 0 aromatic heterocycles. The number of aliphatic hydroxyl groups excluding tert-OH is 1. The molecule has 230 valence electrons. The fraction of sp³-hybridized carbons (Fsp3) is 0.355. The number of rotatable bonds is 12. The van der Waals surface area contributed by atoms with Gasteiger partial charge < -0.3 is 15.2 Å². The van der Waals surface area contributed by atoms with Crippen LogP contribution >= 0.6 is 0 Å². The molecule has 0 unspecified atom stereocenters. The Labute approximate surface area is 250 Å². The number of benzene rings is 3. The van der Waals surface area contributed by atoms with Crippen molar-refractivity contribution < 1.29 is 36.6 Å². The number of nitrogens with one attached hydrogen (secondary N) is 1. The summed E-state index contributed by atoms with van der Waals surface area (Å²) in [6.45, 7) is 5.03. The summed E-state index contributed by atoms with van der Waals surface area (Å²) in [6, 6.07) is 17.1. The third kappa shape index (κ3) is 7.95. The molecule has 3 atom stereocenters. The average molecular weight is 616 g/mol. The lowest BCUT2D eigenvalue weighted by molar-refractivity contribution is -0.129. The van der Waals surface area contributed by atoms with Crippen LogP contribution in [0.25, 0.3) is 0 Å². The lowest BCUT2D eigenvalue weighted by Gasteiger charge is -2.31. The highest BCUT2D eigenvalue weighted by Crippen LogP contribution is 2.26. The topological polar surface area (TPSA) is 116 Å². The van der Waals surface area contributed by atoms with E-state index in [1.807, 2.05) is 26.8 Å². The number of anilines is 1. The SMILES string of the molecule is Cc1ccc(S(=O)(=O)N(CC(C)C)C[C@@H](O)[C@H](Cc2ccccc2)NC(=O)[C@@H]2CN(c3ccc(F)cc3F)C(=O)O2)cc1. The van der Waals surface area contributed by atoms with Crippen LogP contribution in [0.3, 0.4) is 0 Å². The van der Waals surface area contributed by atoms with Crippen LogP contribution in [0, 0.1) is 24.5 Å². The summed E-state index contributed by atoms with van der Waals surface area (Å²) < 4.78 is 61.3. The zero-order valence-corrected chi connectivity index (χ0v) is 24.9. The van der Waals surface area contributed by atoms with Crippen molar-refractivity contribution in [1.82, 2.24) is 9.62 Å². The molecular formula is C31H35F2N3O6S. The molecule has 1 heterocycles. The minimum absolute atomic E-state index is 0.0645. The lowest BCUT2D eigenvalue weighted by Crippen LogP contribution is -2.53. The summed E-state index contributed by atoms with van der Waals surface area (Å²) in [5.74, 6) is -2.63. The Kier molecular flexibility index (Phi) is 10.2. The van der Waals surface area contributed by atoms with Gasteiger partial charge in [-0.2, -0.15) is 4.31 Å². The summed E-state index contributed by atoms with van der Waals surface area (Å²) in [7, 11) is -3.99. The van der Waals surface area contributed by atoms with Crippen LogP contribution in [0.1, 0.15) is 25.0 Å². The molecule has 0 spiro atoms. The predicted octanol–water partition coefficient (Wildman–Crippen LogP) is 4.03. The number of nitrogens with zero attached hydrogens (tertiary/aromatic N) is 2. The number of aliphatic hydroxyl groups is 1. The summed E-state index contributed by atoms with van der Waals surface area (Å²) in [5.41, 5.74) is 1.42. The van der Waals surface area contributed by atoms with Gasteiger partial charge in [0.15, 0.2) is 6.10 Å². The number of cyclic esters (lactones) is 1. The number of halogens is 2. The lowest BCUT2D eigenvalue weighted by atomic mass is 10.0. The van der Waals surface area contributed by atoms with E-state index in [1.165, 1.54) is 16.4 Å². The molecule has 0 aliphatic carbocycles. The molecular weight excluding hydrogens is 580 g/mol. The predicted molar refractivity (Wildman–Crippen MR) is 157 cm³/mol. The minimum atomic E-state index is -3.99. The first-order chi connectivity index (χ1) is 20.3. The number of amides is 2. The number of hydrogen-bond acceptors (Lipinski definition) is 6. The second-order valence-corrected chi connectivity index (χ2v) is 12.9.